The van der Waals surface area contributed by atoms with Crippen molar-refractivity contribution < 1.29 is 14.6 Å². The predicted octanol–water partition coefficient (Wildman–Crippen LogP) is 9.26. The number of carbonyl (C=O) groups is 1. The fourth-order valence-electron chi connectivity index (χ4n) is 12.5. The van der Waals surface area contributed by atoms with E-state index in [1.165, 1.54) is 44.1 Å². The Bertz CT molecular complexity index is 1230. The van der Waals surface area contributed by atoms with Crippen LogP contribution in [-0.2, 0) is 9.53 Å². The molecule has 1 aromatic carbocycles. The Morgan fingerprint density at radius 3 is 2.36 bits per heavy atom. The number of rotatable bonds is 5. The summed E-state index contributed by atoms with van der Waals surface area (Å²) in [6.45, 7) is 20.0. The van der Waals surface area contributed by atoms with Gasteiger partial charge in [-0.2, -0.15) is 0 Å². The average Bonchev–Trinajstić information content (AvgIpc) is 3.34. The van der Waals surface area contributed by atoms with E-state index in [-0.39, 0.29) is 28.3 Å². The average molecular weight is 573 g/mol. The summed E-state index contributed by atoms with van der Waals surface area (Å²) in [4.78, 5) is 12.9. The van der Waals surface area contributed by atoms with Gasteiger partial charge in [-0.15, -0.1) is 0 Å². The summed E-state index contributed by atoms with van der Waals surface area (Å²) in [6, 6.07) is 9.99. The summed E-state index contributed by atoms with van der Waals surface area (Å²) in [5.74, 6) is 2.76. The van der Waals surface area contributed by atoms with E-state index in [9.17, 15) is 9.90 Å². The molecule has 3 nitrogen and oxygen atoms in total. The number of hydrogen-bond donors (Lipinski definition) is 1. The van der Waals surface area contributed by atoms with Gasteiger partial charge < -0.3 is 9.84 Å². The second kappa shape index (κ2) is 10.4. The van der Waals surface area contributed by atoms with Crippen molar-refractivity contribution in [3.63, 3.8) is 0 Å². The zero-order valence-electron chi connectivity index (χ0n) is 27.3. The van der Waals surface area contributed by atoms with Gasteiger partial charge in [0.25, 0.3) is 0 Å². The lowest BCUT2D eigenvalue weighted by atomic mass is 9.32. The van der Waals surface area contributed by atoms with Gasteiger partial charge in [-0.3, -0.25) is 0 Å². The highest BCUT2D eigenvalue weighted by Gasteiger charge is 2.70. The zero-order chi connectivity index (χ0) is 30.1. The first-order valence-electron chi connectivity index (χ1n) is 17.0. The van der Waals surface area contributed by atoms with E-state index in [4.69, 9.17) is 4.74 Å². The maximum absolute atomic E-state index is 12.9. The molecule has 0 spiro atoms. The van der Waals surface area contributed by atoms with Crippen LogP contribution in [0.25, 0.3) is 6.08 Å². The highest BCUT2D eigenvalue weighted by atomic mass is 16.5. The van der Waals surface area contributed by atoms with Crippen LogP contribution in [0.5, 0.6) is 0 Å². The number of aliphatic hydroxyl groups excluding tert-OH is 1. The van der Waals surface area contributed by atoms with E-state index >= 15 is 0 Å². The fraction of sp³-hybridized carbons (Fsp3) is 0.718. The number of fused-ring (bicyclic) bond motifs is 7. The third-order valence-electron chi connectivity index (χ3n) is 14.9. The van der Waals surface area contributed by atoms with Crippen LogP contribution in [0.1, 0.15) is 111 Å². The van der Waals surface area contributed by atoms with Crippen LogP contribution in [-0.4, -0.2) is 23.8 Å². The first kappa shape index (κ1) is 30.2. The first-order valence-corrected chi connectivity index (χ1v) is 17.0. The molecule has 1 N–H and O–H groups in total. The van der Waals surface area contributed by atoms with Crippen molar-refractivity contribution in [2.24, 2.45) is 56.7 Å². The monoisotopic (exact) mass is 572 g/mol. The highest BCUT2D eigenvalue weighted by Crippen LogP contribution is 2.77. The lowest BCUT2D eigenvalue weighted by Gasteiger charge is -2.73. The highest BCUT2D eigenvalue weighted by molar-refractivity contribution is 5.87. The SMILES string of the molecule is C=C(C)[C@@H]1CC[C@@]2(COC(=O)/C=C/c3ccccc3)CC[C@]3(C)[C@H](CC[C@H]4[C@@]5(C)CC[C@@H](O)C(C)(C)[C@H]5CC[C@@]43C)[C@@H]12. The molecule has 5 saturated carbocycles. The van der Waals surface area contributed by atoms with E-state index < -0.39 is 0 Å². The van der Waals surface area contributed by atoms with E-state index in [2.05, 4.69) is 48.1 Å². The Balaban J connectivity index is 1.27. The van der Waals surface area contributed by atoms with Gasteiger partial charge in [-0.05, 0) is 134 Å². The molecule has 5 aliphatic carbocycles. The molecule has 3 heteroatoms. The van der Waals surface area contributed by atoms with Gasteiger partial charge in [0.1, 0.15) is 0 Å². The quantitative estimate of drug-likeness (QED) is 0.217. The molecule has 0 radical (unpaired) electrons. The molecular formula is C39H56O3. The lowest BCUT2D eigenvalue weighted by molar-refractivity contribution is -0.249. The van der Waals surface area contributed by atoms with Crippen molar-refractivity contribution >= 4 is 12.0 Å². The molecule has 0 saturated heterocycles. The third kappa shape index (κ3) is 4.33. The second-order valence-corrected chi connectivity index (χ2v) is 16.8. The van der Waals surface area contributed by atoms with Crippen LogP contribution < -0.4 is 0 Å². The summed E-state index contributed by atoms with van der Waals surface area (Å²) < 4.78 is 6.12. The van der Waals surface area contributed by atoms with Gasteiger partial charge in [-0.25, -0.2) is 4.79 Å². The van der Waals surface area contributed by atoms with Crippen molar-refractivity contribution in [3.05, 3.63) is 54.1 Å². The summed E-state index contributed by atoms with van der Waals surface area (Å²) in [5.41, 5.74) is 3.26. The topological polar surface area (TPSA) is 46.5 Å². The lowest BCUT2D eigenvalue weighted by Crippen LogP contribution is -2.66. The van der Waals surface area contributed by atoms with Crippen molar-refractivity contribution in [1.29, 1.82) is 0 Å². The third-order valence-corrected chi connectivity index (χ3v) is 14.9. The Morgan fingerprint density at radius 2 is 1.64 bits per heavy atom. The molecule has 0 heterocycles. The Kier molecular flexibility index (Phi) is 7.44. The number of ether oxygens (including phenoxy) is 1. The number of benzene rings is 1. The number of hydrogen-bond acceptors (Lipinski definition) is 3. The van der Waals surface area contributed by atoms with Crippen LogP contribution in [0.4, 0.5) is 0 Å². The van der Waals surface area contributed by atoms with Crippen molar-refractivity contribution in [2.45, 2.75) is 112 Å². The van der Waals surface area contributed by atoms with E-state index in [1.54, 1.807) is 6.08 Å². The van der Waals surface area contributed by atoms with Gasteiger partial charge >= 0.3 is 5.97 Å². The summed E-state index contributed by atoms with van der Waals surface area (Å²) in [5, 5.41) is 11.0. The molecule has 0 bridgehead atoms. The molecule has 5 fully saturated rings. The van der Waals surface area contributed by atoms with Crippen molar-refractivity contribution in [2.75, 3.05) is 6.61 Å². The van der Waals surface area contributed by atoms with Crippen LogP contribution in [0.3, 0.4) is 0 Å². The normalized spacial score (nSPS) is 45.8. The number of aliphatic hydroxyl groups is 1. The first-order chi connectivity index (χ1) is 19.8. The Hall–Kier alpha value is -1.87. The van der Waals surface area contributed by atoms with Crippen molar-refractivity contribution in [3.8, 4) is 0 Å². The minimum Gasteiger partial charge on any atom is -0.462 e. The van der Waals surface area contributed by atoms with Gasteiger partial charge in [-0.1, -0.05) is 77.1 Å². The molecule has 0 amide bonds. The largest absolute Gasteiger partial charge is 0.462 e. The standard InChI is InChI=1S/C39H56O3/c1-26(2)28-17-22-39(25-42-33(41)16-13-27-11-9-8-10-12-27)24-23-37(6)29(34(28)39)14-15-31-36(5)20-19-32(40)35(3,4)30(36)18-21-38(31,37)7/h8-13,16,28-32,34,40H,1,14-15,17-25H2,2-7H3/b16-13+/t28-,29+,30+,31-,32+,34+,36-,37+,38-,39-/m0/s1. The maximum atomic E-state index is 12.9. The van der Waals surface area contributed by atoms with Gasteiger partial charge in [0.2, 0.25) is 0 Å². The molecule has 42 heavy (non-hydrogen) atoms. The molecule has 5 aliphatic rings. The number of esters is 1. The minimum absolute atomic E-state index is 0.0108. The van der Waals surface area contributed by atoms with Crippen LogP contribution in [0.15, 0.2) is 48.6 Å². The molecule has 230 valence electrons. The maximum Gasteiger partial charge on any atom is 0.330 e. The van der Waals surface area contributed by atoms with Gasteiger partial charge in [0, 0.05) is 11.5 Å². The van der Waals surface area contributed by atoms with Crippen LogP contribution in [0, 0.1) is 56.7 Å². The molecule has 0 aromatic heterocycles. The Morgan fingerprint density at radius 1 is 0.905 bits per heavy atom. The van der Waals surface area contributed by atoms with Crippen LogP contribution in [0.2, 0.25) is 0 Å². The molecule has 1 aromatic rings. The predicted molar refractivity (Wildman–Crippen MR) is 171 cm³/mol. The molecular weight excluding hydrogens is 516 g/mol. The van der Waals surface area contributed by atoms with E-state index in [1.807, 2.05) is 36.4 Å². The van der Waals surface area contributed by atoms with Crippen molar-refractivity contribution in [1.82, 2.24) is 0 Å². The number of allylic oxidation sites excluding steroid dienone is 1. The van der Waals surface area contributed by atoms with E-state index in [0.717, 1.165) is 31.2 Å². The van der Waals surface area contributed by atoms with E-state index in [0.29, 0.717) is 47.0 Å². The summed E-state index contributed by atoms with van der Waals surface area (Å²) in [7, 11) is 0. The molecule has 0 unspecified atom stereocenters. The van der Waals surface area contributed by atoms with Gasteiger partial charge in [0.05, 0.1) is 12.7 Å². The van der Waals surface area contributed by atoms with Crippen LogP contribution >= 0.6 is 0 Å². The fourth-order valence-corrected chi connectivity index (χ4v) is 12.5. The summed E-state index contributed by atoms with van der Waals surface area (Å²) in [6.07, 6.45) is 15.2. The minimum atomic E-state index is -0.219. The molecule has 10 atom stereocenters. The second-order valence-electron chi connectivity index (χ2n) is 16.8. The smallest absolute Gasteiger partial charge is 0.330 e. The summed E-state index contributed by atoms with van der Waals surface area (Å²) >= 11 is 0. The van der Waals surface area contributed by atoms with Gasteiger partial charge in [0.15, 0.2) is 0 Å². The number of carbonyl (C=O) groups excluding carboxylic acids is 1. The zero-order valence-corrected chi connectivity index (χ0v) is 27.3. The molecule has 0 aliphatic heterocycles. The molecule has 6 rings (SSSR count). The Labute approximate surface area is 255 Å².